The average molecular weight is 451 g/mol. The van der Waals surface area contributed by atoms with Crippen molar-refractivity contribution in [1.82, 2.24) is 0 Å². The van der Waals surface area contributed by atoms with Gasteiger partial charge in [-0.1, -0.05) is 28.1 Å². The van der Waals surface area contributed by atoms with Gasteiger partial charge in [0.1, 0.15) is 5.60 Å². The topological polar surface area (TPSA) is 30.8 Å². The zero-order valence-electron chi connectivity index (χ0n) is 16.4. The van der Waals surface area contributed by atoms with Crippen molar-refractivity contribution in [2.24, 2.45) is 4.99 Å². The number of fused-ring (bicyclic) bond motifs is 3. The van der Waals surface area contributed by atoms with Gasteiger partial charge in [-0.3, -0.25) is 4.99 Å². The largest absolute Gasteiger partial charge is 0.493 e. The van der Waals surface area contributed by atoms with E-state index < -0.39 is 0 Å². The smallest absolute Gasteiger partial charge is 0.166 e. The van der Waals surface area contributed by atoms with Crippen molar-refractivity contribution in [3.8, 4) is 11.5 Å². The second kappa shape index (κ2) is 6.82. The molecule has 2 aliphatic rings. The van der Waals surface area contributed by atoms with Gasteiger partial charge in [0.05, 0.1) is 18.4 Å². The first-order chi connectivity index (χ1) is 12.2. The van der Waals surface area contributed by atoms with E-state index in [1.807, 2.05) is 0 Å². The van der Waals surface area contributed by atoms with Gasteiger partial charge in [0, 0.05) is 27.6 Å². The van der Waals surface area contributed by atoms with Crippen LogP contribution in [0.4, 0.5) is 0 Å². The van der Waals surface area contributed by atoms with Crippen molar-refractivity contribution in [2.45, 2.75) is 51.7 Å². The minimum absolute atomic E-state index is 0. The molecule has 4 rings (SSSR count). The predicted octanol–water partition coefficient (Wildman–Crippen LogP) is 5.77. The van der Waals surface area contributed by atoms with Gasteiger partial charge >= 0.3 is 0 Å². The normalized spacial score (nSPS) is 18.5. The zero-order chi connectivity index (χ0) is 18.7. The van der Waals surface area contributed by atoms with Crippen molar-refractivity contribution in [2.75, 3.05) is 7.11 Å². The monoisotopic (exact) mass is 449 g/mol. The van der Waals surface area contributed by atoms with Crippen LogP contribution in [-0.4, -0.2) is 24.0 Å². The van der Waals surface area contributed by atoms with Gasteiger partial charge in [-0.2, -0.15) is 0 Å². The van der Waals surface area contributed by atoms with Gasteiger partial charge in [-0.15, -0.1) is 12.4 Å². The minimum Gasteiger partial charge on any atom is -0.493 e. The number of ether oxygens (including phenoxy) is 2. The number of halogens is 2. The number of rotatable bonds is 2. The first-order valence-corrected chi connectivity index (χ1v) is 9.76. The molecule has 2 heterocycles. The second-order valence-corrected chi connectivity index (χ2v) is 9.33. The Labute approximate surface area is 175 Å². The predicted molar refractivity (Wildman–Crippen MR) is 116 cm³/mol. The first kappa shape index (κ1) is 20.2. The summed E-state index contributed by atoms with van der Waals surface area (Å²) in [6, 6.07) is 10.6. The molecule has 0 fully saturated rings. The fourth-order valence-electron chi connectivity index (χ4n) is 4.04. The number of aliphatic imine (C=N–C) groups is 1. The van der Waals surface area contributed by atoms with E-state index >= 15 is 0 Å². The number of hydrogen-bond acceptors (Lipinski definition) is 3. The van der Waals surface area contributed by atoms with Crippen molar-refractivity contribution in [3.05, 3.63) is 57.1 Å². The average Bonchev–Trinajstić information content (AvgIpc) is 2.88. The van der Waals surface area contributed by atoms with Crippen LogP contribution in [0.25, 0.3) is 0 Å². The number of hydrogen-bond donors (Lipinski definition) is 0. The lowest BCUT2D eigenvalue weighted by Gasteiger charge is -2.31. The summed E-state index contributed by atoms with van der Waals surface area (Å²) in [5.74, 6) is 1.71. The van der Waals surface area contributed by atoms with Crippen LogP contribution in [0, 0.1) is 0 Å². The third kappa shape index (κ3) is 3.62. The fourth-order valence-corrected chi connectivity index (χ4v) is 4.30. The summed E-state index contributed by atoms with van der Waals surface area (Å²) in [6.07, 6.45) is 1.75. The van der Waals surface area contributed by atoms with Crippen LogP contribution in [0.15, 0.2) is 39.8 Å². The molecule has 0 radical (unpaired) electrons. The van der Waals surface area contributed by atoms with Crippen LogP contribution in [-0.2, 0) is 12.8 Å². The SMILES string of the molecule is COc1cc2c(c3c1OC(C)(C)C3)C(c1ccc(Br)cc1)=NC(C)(C)C2.Cl. The molecule has 0 atom stereocenters. The van der Waals surface area contributed by atoms with Gasteiger partial charge in [-0.05, 0) is 57.9 Å². The molecule has 0 N–H and O–H groups in total. The molecule has 2 aliphatic heterocycles. The van der Waals surface area contributed by atoms with Crippen LogP contribution in [0.5, 0.6) is 11.5 Å². The summed E-state index contributed by atoms with van der Waals surface area (Å²) < 4.78 is 13.0. The van der Waals surface area contributed by atoms with E-state index in [0.29, 0.717) is 0 Å². The molecular weight excluding hydrogens is 426 g/mol. The lowest BCUT2D eigenvalue weighted by Crippen LogP contribution is -2.30. The van der Waals surface area contributed by atoms with Crippen molar-refractivity contribution < 1.29 is 9.47 Å². The molecular formula is C22H25BrClNO2. The molecule has 0 spiro atoms. The van der Waals surface area contributed by atoms with Crippen LogP contribution in [0.1, 0.15) is 49.9 Å². The quantitative estimate of drug-likeness (QED) is 0.582. The molecule has 0 aliphatic carbocycles. The van der Waals surface area contributed by atoms with E-state index in [9.17, 15) is 0 Å². The number of nitrogens with zero attached hydrogens (tertiary/aromatic N) is 1. The molecule has 5 heteroatoms. The Morgan fingerprint density at radius 3 is 2.37 bits per heavy atom. The molecule has 2 aromatic carbocycles. The summed E-state index contributed by atoms with van der Waals surface area (Å²) in [7, 11) is 1.72. The van der Waals surface area contributed by atoms with E-state index in [1.54, 1.807) is 7.11 Å². The highest BCUT2D eigenvalue weighted by Crippen LogP contribution is 2.47. The van der Waals surface area contributed by atoms with Crippen LogP contribution in [0.2, 0.25) is 0 Å². The fraction of sp³-hybridized carbons (Fsp3) is 0.409. The van der Waals surface area contributed by atoms with E-state index in [0.717, 1.165) is 40.1 Å². The Morgan fingerprint density at radius 2 is 1.74 bits per heavy atom. The Hall–Kier alpha value is -1.52. The molecule has 0 aromatic heterocycles. The Kier molecular flexibility index (Phi) is 5.11. The standard InChI is InChI=1S/C22H24BrNO2.ClH/c1-21(2)11-14-10-17(25-5)20-16(12-22(3,4)26-20)18(14)19(24-21)13-6-8-15(23)9-7-13;/h6-10H,11-12H2,1-5H3;1H. The summed E-state index contributed by atoms with van der Waals surface area (Å²) in [5, 5.41) is 0. The third-order valence-corrected chi connectivity index (χ3v) is 5.55. The maximum absolute atomic E-state index is 6.25. The first-order valence-electron chi connectivity index (χ1n) is 8.97. The van der Waals surface area contributed by atoms with Crippen LogP contribution >= 0.6 is 28.3 Å². The Balaban J connectivity index is 0.00000210. The molecule has 3 nitrogen and oxygen atoms in total. The lowest BCUT2D eigenvalue weighted by molar-refractivity contribution is 0.134. The minimum atomic E-state index is -0.234. The van der Waals surface area contributed by atoms with Gasteiger partial charge in [0.15, 0.2) is 11.5 Å². The summed E-state index contributed by atoms with van der Waals surface area (Å²) in [5.41, 5.74) is 5.56. The van der Waals surface area contributed by atoms with E-state index in [-0.39, 0.29) is 23.5 Å². The Morgan fingerprint density at radius 1 is 1.07 bits per heavy atom. The molecule has 0 saturated heterocycles. The molecule has 0 saturated carbocycles. The van der Waals surface area contributed by atoms with Gasteiger partial charge in [0.25, 0.3) is 0 Å². The molecule has 27 heavy (non-hydrogen) atoms. The van der Waals surface area contributed by atoms with E-state index in [4.69, 9.17) is 14.5 Å². The van der Waals surface area contributed by atoms with Crippen molar-refractivity contribution in [1.29, 1.82) is 0 Å². The molecule has 0 unspecified atom stereocenters. The maximum Gasteiger partial charge on any atom is 0.166 e. The molecule has 0 bridgehead atoms. The maximum atomic E-state index is 6.25. The number of benzene rings is 2. The van der Waals surface area contributed by atoms with Crippen molar-refractivity contribution in [3.63, 3.8) is 0 Å². The number of methoxy groups -OCH3 is 1. The van der Waals surface area contributed by atoms with Gasteiger partial charge in [0.2, 0.25) is 0 Å². The highest BCUT2D eigenvalue weighted by molar-refractivity contribution is 9.10. The zero-order valence-corrected chi connectivity index (χ0v) is 18.8. The summed E-state index contributed by atoms with van der Waals surface area (Å²) in [6.45, 7) is 8.63. The van der Waals surface area contributed by atoms with Crippen LogP contribution < -0.4 is 9.47 Å². The molecule has 2 aromatic rings. The van der Waals surface area contributed by atoms with Crippen LogP contribution in [0.3, 0.4) is 0 Å². The van der Waals surface area contributed by atoms with Gasteiger partial charge in [-0.25, -0.2) is 0 Å². The van der Waals surface area contributed by atoms with E-state index in [1.165, 1.54) is 16.7 Å². The van der Waals surface area contributed by atoms with E-state index in [2.05, 4.69) is 74.0 Å². The highest BCUT2D eigenvalue weighted by atomic mass is 79.9. The van der Waals surface area contributed by atoms with Gasteiger partial charge < -0.3 is 9.47 Å². The lowest BCUT2D eigenvalue weighted by atomic mass is 9.81. The third-order valence-electron chi connectivity index (χ3n) is 5.02. The summed E-state index contributed by atoms with van der Waals surface area (Å²) >= 11 is 3.53. The Bertz CT molecular complexity index is 917. The highest BCUT2D eigenvalue weighted by Gasteiger charge is 2.39. The molecule has 144 valence electrons. The molecule has 0 amide bonds. The summed E-state index contributed by atoms with van der Waals surface area (Å²) in [4.78, 5) is 5.14. The van der Waals surface area contributed by atoms with Crippen molar-refractivity contribution >= 4 is 34.0 Å². The second-order valence-electron chi connectivity index (χ2n) is 8.42.